The molecule has 0 radical (unpaired) electrons. The number of nitrogens with zero attached hydrogens (tertiary/aromatic N) is 4. The van der Waals surface area contributed by atoms with E-state index >= 15 is 0 Å². The third-order valence-corrected chi connectivity index (χ3v) is 3.37. The number of aromatic nitrogens is 4. The van der Waals surface area contributed by atoms with Crippen molar-refractivity contribution in [2.45, 2.75) is 19.1 Å². The molecule has 0 aliphatic heterocycles. The van der Waals surface area contributed by atoms with Crippen LogP contribution in [0.5, 0.6) is 0 Å². The largest absolute Gasteiger partial charge is 0.433 e. The predicted molar refractivity (Wildman–Crippen MR) is 82.6 cm³/mol. The fraction of sp³-hybridized carbons (Fsp3) is 0.188. The van der Waals surface area contributed by atoms with E-state index in [1.165, 1.54) is 18.3 Å². The van der Waals surface area contributed by atoms with E-state index in [9.17, 15) is 18.0 Å². The minimum Gasteiger partial charge on any atom is -0.339 e. The molecule has 0 bridgehead atoms. The zero-order valence-electron chi connectivity index (χ0n) is 13.4. The summed E-state index contributed by atoms with van der Waals surface area (Å²) in [5.41, 5.74) is -0.744. The number of alkyl halides is 3. The van der Waals surface area contributed by atoms with E-state index in [2.05, 4.69) is 25.4 Å². The second kappa shape index (κ2) is 6.90. The summed E-state index contributed by atoms with van der Waals surface area (Å²) in [6, 6.07) is 6.38. The van der Waals surface area contributed by atoms with Crippen molar-refractivity contribution in [3.63, 3.8) is 0 Å². The fourth-order valence-corrected chi connectivity index (χ4v) is 2.08. The van der Waals surface area contributed by atoms with Crippen LogP contribution in [0.3, 0.4) is 0 Å². The van der Waals surface area contributed by atoms with Gasteiger partial charge in [0, 0.05) is 18.0 Å². The van der Waals surface area contributed by atoms with Gasteiger partial charge in [0.25, 0.3) is 5.91 Å². The standard InChI is InChI=1S/C16H12F3N5O2/c1-9(22-14(25)11-4-2-3-6-20-11)15-23-13(24-26-15)10-5-7-21-12(8-10)16(17,18)19/h2-9H,1H3,(H,22,25)/t9-/m0/s1. The molecule has 0 unspecified atom stereocenters. The molecule has 1 N–H and O–H groups in total. The van der Waals surface area contributed by atoms with Crippen LogP contribution in [0.15, 0.2) is 47.2 Å². The number of hydrogen-bond donors (Lipinski definition) is 1. The average Bonchev–Trinajstić information content (AvgIpc) is 3.12. The number of halogens is 3. The maximum absolute atomic E-state index is 12.7. The minimum atomic E-state index is -4.58. The second-order valence-corrected chi connectivity index (χ2v) is 5.29. The SMILES string of the molecule is C[C@H](NC(=O)c1ccccn1)c1nc(-c2ccnc(C(F)(F)F)c2)no1. The van der Waals surface area contributed by atoms with Gasteiger partial charge in [-0.1, -0.05) is 11.2 Å². The number of pyridine rings is 2. The van der Waals surface area contributed by atoms with Gasteiger partial charge in [0.2, 0.25) is 11.7 Å². The van der Waals surface area contributed by atoms with E-state index in [1.807, 2.05) is 0 Å². The first kappa shape index (κ1) is 17.5. The van der Waals surface area contributed by atoms with Gasteiger partial charge in [0.05, 0.1) is 0 Å². The topological polar surface area (TPSA) is 93.8 Å². The van der Waals surface area contributed by atoms with Crippen LogP contribution in [0.1, 0.15) is 35.0 Å². The summed E-state index contributed by atoms with van der Waals surface area (Å²) in [6.07, 6.45) is -2.08. The van der Waals surface area contributed by atoms with Gasteiger partial charge in [-0.15, -0.1) is 0 Å². The predicted octanol–water partition coefficient (Wildman–Crippen LogP) is 3.04. The molecule has 0 fully saturated rings. The zero-order chi connectivity index (χ0) is 18.7. The number of amides is 1. The number of carbonyl (C=O) groups excluding carboxylic acids is 1. The molecule has 7 nitrogen and oxygen atoms in total. The quantitative estimate of drug-likeness (QED) is 0.766. The van der Waals surface area contributed by atoms with E-state index in [0.717, 1.165) is 12.3 Å². The summed E-state index contributed by atoms with van der Waals surface area (Å²) >= 11 is 0. The van der Waals surface area contributed by atoms with Crippen LogP contribution >= 0.6 is 0 Å². The van der Waals surface area contributed by atoms with Gasteiger partial charge in [-0.3, -0.25) is 14.8 Å². The molecule has 0 spiro atoms. The molecule has 134 valence electrons. The van der Waals surface area contributed by atoms with Crippen LogP contribution in [-0.4, -0.2) is 26.0 Å². The summed E-state index contributed by atoms with van der Waals surface area (Å²) in [7, 11) is 0. The van der Waals surface area contributed by atoms with Gasteiger partial charge in [-0.05, 0) is 31.2 Å². The van der Waals surface area contributed by atoms with Crippen molar-refractivity contribution in [1.29, 1.82) is 0 Å². The Morgan fingerprint density at radius 1 is 1.19 bits per heavy atom. The highest BCUT2D eigenvalue weighted by atomic mass is 19.4. The second-order valence-electron chi connectivity index (χ2n) is 5.29. The van der Waals surface area contributed by atoms with Crippen molar-refractivity contribution in [2.75, 3.05) is 0 Å². The van der Waals surface area contributed by atoms with E-state index in [-0.39, 0.29) is 23.0 Å². The summed E-state index contributed by atoms with van der Waals surface area (Å²) in [5.74, 6) is -0.428. The molecule has 1 atom stereocenters. The van der Waals surface area contributed by atoms with Gasteiger partial charge >= 0.3 is 6.18 Å². The van der Waals surface area contributed by atoms with Crippen molar-refractivity contribution in [1.82, 2.24) is 25.4 Å². The highest BCUT2D eigenvalue weighted by molar-refractivity contribution is 5.92. The third kappa shape index (κ3) is 3.85. The molecule has 3 heterocycles. The summed E-state index contributed by atoms with van der Waals surface area (Å²) < 4.78 is 43.3. The van der Waals surface area contributed by atoms with Crippen molar-refractivity contribution in [3.8, 4) is 11.4 Å². The summed E-state index contributed by atoms with van der Waals surface area (Å²) in [6.45, 7) is 1.60. The number of nitrogens with one attached hydrogen (secondary N) is 1. The van der Waals surface area contributed by atoms with E-state index in [1.54, 1.807) is 19.1 Å². The first-order valence-corrected chi connectivity index (χ1v) is 7.43. The zero-order valence-corrected chi connectivity index (χ0v) is 13.4. The molecule has 0 aromatic carbocycles. The molecule has 3 aromatic rings. The Kier molecular flexibility index (Phi) is 4.65. The Hall–Kier alpha value is -3.30. The Labute approximate surface area is 145 Å². The van der Waals surface area contributed by atoms with Crippen molar-refractivity contribution < 1.29 is 22.5 Å². The van der Waals surface area contributed by atoms with Crippen LogP contribution in [0.2, 0.25) is 0 Å². The summed E-state index contributed by atoms with van der Waals surface area (Å²) in [4.78, 5) is 23.3. The Balaban J connectivity index is 1.76. The first-order chi connectivity index (χ1) is 12.3. The van der Waals surface area contributed by atoms with Crippen LogP contribution in [0.4, 0.5) is 13.2 Å². The highest BCUT2D eigenvalue weighted by Crippen LogP contribution is 2.29. The van der Waals surface area contributed by atoms with Gasteiger partial charge in [-0.25, -0.2) is 0 Å². The molecule has 3 aromatic heterocycles. The van der Waals surface area contributed by atoms with Gasteiger partial charge in [0.1, 0.15) is 17.4 Å². The molecule has 3 rings (SSSR count). The monoisotopic (exact) mass is 363 g/mol. The highest BCUT2D eigenvalue weighted by Gasteiger charge is 2.33. The van der Waals surface area contributed by atoms with E-state index in [4.69, 9.17) is 4.52 Å². The van der Waals surface area contributed by atoms with E-state index < -0.39 is 23.8 Å². The lowest BCUT2D eigenvalue weighted by Crippen LogP contribution is -2.27. The van der Waals surface area contributed by atoms with Crippen molar-refractivity contribution in [3.05, 3.63) is 60.0 Å². The lowest BCUT2D eigenvalue weighted by Gasteiger charge is -2.08. The molecule has 1 amide bonds. The first-order valence-electron chi connectivity index (χ1n) is 7.43. The lowest BCUT2D eigenvalue weighted by atomic mass is 10.2. The van der Waals surface area contributed by atoms with E-state index in [0.29, 0.717) is 0 Å². The molecule has 0 aliphatic carbocycles. The Bertz CT molecular complexity index is 912. The maximum atomic E-state index is 12.7. The molecular weight excluding hydrogens is 351 g/mol. The van der Waals surface area contributed by atoms with Crippen molar-refractivity contribution in [2.24, 2.45) is 0 Å². The van der Waals surface area contributed by atoms with Crippen LogP contribution in [-0.2, 0) is 6.18 Å². The number of rotatable bonds is 4. The van der Waals surface area contributed by atoms with Crippen LogP contribution in [0, 0.1) is 0 Å². The molecule has 0 aliphatic rings. The van der Waals surface area contributed by atoms with Gasteiger partial charge < -0.3 is 9.84 Å². The number of carbonyl (C=O) groups is 1. The molecule has 10 heteroatoms. The molecule has 0 saturated carbocycles. The Morgan fingerprint density at radius 3 is 2.69 bits per heavy atom. The van der Waals surface area contributed by atoms with Crippen molar-refractivity contribution >= 4 is 5.91 Å². The normalized spacial score (nSPS) is 12.6. The van der Waals surface area contributed by atoms with Crippen LogP contribution < -0.4 is 5.32 Å². The maximum Gasteiger partial charge on any atom is 0.433 e. The van der Waals surface area contributed by atoms with Gasteiger partial charge in [-0.2, -0.15) is 18.2 Å². The van der Waals surface area contributed by atoms with Gasteiger partial charge in [0.15, 0.2) is 0 Å². The third-order valence-electron chi connectivity index (χ3n) is 3.37. The summed E-state index contributed by atoms with van der Waals surface area (Å²) in [5, 5.41) is 6.29. The molecule has 0 saturated heterocycles. The lowest BCUT2D eigenvalue weighted by molar-refractivity contribution is -0.141. The Morgan fingerprint density at radius 2 is 2.00 bits per heavy atom. The molecular formula is C16H12F3N5O2. The number of hydrogen-bond acceptors (Lipinski definition) is 6. The fourth-order valence-electron chi connectivity index (χ4n) is 2.08. The average molecular weight is 363 g/mol. The molecule has 26 heavy (non-hydrogen) atoms. The minimum absolute atomic E-state index is 0.0353. The smallest absolute Gasteiger partial charge is 0.339 e. The van der Waals surface area contributed by atoms with Crippen LogP contribution in [0.25, 0.3) is 11.4 Å².